The van der Waals surface area contributed by atoms with Crippen LogP contribution in [0.4, 0.5) is 22.0 Å². The van der Waals surface area contributed by atoms with E-state index < -0.39 is 60.0 Å². The number of benzene rings is 1. The standard InChI is InChI=1S/C23H31F5O5/c1-2-3-4-5-6-7-8-9-10-13-31-16(29)11-12-17(30)32-14-15-33-23-21(27)19(25)18(24)20(26)22(23)28/h2-15H2,1H3. The number of ether oxygens (including phenoxy) is 3. The number of esters is 2. The van der Waals surface area contributed by atoms with E-state index in [4.69, 9.17) is 9.47 Å². The lowest BCUT2D eigenvalue weighted by Gasteiger charge is -2.10. The summed E-state index contributed by atoms with van der Waals surface area (Å²) in [7, 11) is 0. The molecule has 0 atom stereocenters. The summed E-state index contributed by atoms with van der Waals surface area (Å²) in [5.74, 6) is -13.6. The molecule has 10 heteroatoms. The fourth-order valence-corrected chi connectivity index (χ4v) is 2.96. The average molecular weight is 482 g/mol. The highest BCUT2D eigenvalue weighted by Crippen LogP contribution is 2.28. The second kappa shape index (κ2) is 16.3. The molecule has 0 aliphatic rings. The van der Waals surface area contributed by atoms with E-state index in [1.807, 2.05) is 0 Å². The van der Waals surface area contributed by atoms with Crippen molar-refractivity contribution in [2.75, 3.05) is 19.8 Å². The molecule has 5 nitrogen and oxygen atoms in total. The van der Waals surface area contributed by atoms with E-state index in [2.05, 4.69) is 11.7 Å². The van der Waals surface area contributed by atoms with Crippen LogP contribution < -0.4 is 4.74 Å². The van der Waals surface area contributed by atoms with Crippen molar-refractivity contribution < 1.29 is 45.8 Å². The van der Waals surface area contributed by atoms with Crippen LogP contribution in [-0.2, 0) is 19.1 Å². The summed E-state index contributed by atoms with van der Waals surface area (Å²) in [6.45, 7) is 1.30. The number of unbranched alkanes of at least 4 members (excludes halogenated alkanes) is 8. The molecule has 1 aromatic rings. The maximum atomic E-state index is 13.4. The van der Waals surface area contributed by atoms with Crippen molar-refractivity contribution in [3.8, 4) is 5.75 Å². The molecule has 0 unspecified atom stereocenters. The van der Waals surface area contributed by atoms with Crippen LogP contribution in [0.25, 0.3) is 0 Å². The Morgan fingerprint density at radius 2 is 1.00 bits per heavy atom. The van der Waals surface area contributed by atoms with E-state index in [1.165, 1.54) is 32.1 Å². The fraction of sp³-hybridized carbons (Fsp3) is 0.652. The summed E-state index contributed by atoms with van der Waals surface area (Å²) in [5.41, 5.74) is 0. The molecular weight excluding hydrogens is 451 g/mol. The minimum absolute atomic E-state index is 0.200. The highest BCUT2D eigenvalue weighted by Gasteiger charge is 2.27. The van der Waals surface area contributed by atoms with E-state index in [0.29, 0.717) is 0 Å². The summed E-state index contributed by atoms with van der Waals surface area (Å²) in [4.78, 5) is 23.2. The van der Waals surface area contributed by atoms with Crippen LogP contribution in [0.15, 0.2) is 0 Å². The lowest BCUT2D eigenvalue weighted by molar-refractivity contribution is -0.150. The van der Waals surface area contributed by atoms with Crippen molar-refractivity contribution in [1.29, 1.82) is 0 Å². The number of hydrogen-bond donors (Lipinski definition) is 0. The van der Waals surface area contributed by atoms with Crippen LogP contribution in [0.5, 0.6) is 5.75 Å². The lowest BCUT2D eigenvalue weighted by Crippen LogP contribution is -2.16. The first-order valence-corrected chi connectivity index (χ1v) is 11.2. The van der Waals surface area contributed by atoms with Crippen molar-refractivity contribution in [2.45, 2.75) is 77.6 Å². The Morgan fingerprint density at radius 3 is 1.52 bits per heavy atom. The van der Waals surface area contributed by atoms with E-state index in [9.17, 15) is 31.5 Å². The fourth-order valence-electron chi connectivity index (χ4n) is 2.96. The molecule has 188 valence electrons. The Kier molecular flexibility index (Phi) is 14.1. The van der Waals surface area contributed by atoms with Gasteiger partial charge < -0.3 is 14.2 Å². The third-order valence-corrected chi connectivity index (χ3v) is 4.81. The maximum absolute atomic E-state index is 13.4. The van der Waals surface area contributed by atoms with Crippen LogP contribution in [0.2, 0.25) is 0 Å². The zero-order valence-electron chi connectivity index (χ0n) is 18.8. The van der Waals surface area contributed by atoms with Gasteiger partial charge in [-0.1, -0.05) is 58.3 Å². The first-order chi connectivity index (χ1) is 15.8. The predicted molar refractivity (Wildman–Crippen MR) is 110 cm³/mol. The normalized spacial score (nSPS) is 10.8. The minimum atomic E-state index is -2.30. The minimum Gasteiger partial charge on any atom is -0.484 e. The second-order valence-corrected chi connectivity index (χ2v) is 7.52. The van der Waals surface area contributed by atoms with Crippen LogP contribution in [0, 0.1) is 29.1 Å². The molecule has 0 spiro atoms. The van der Waals surface area contributed by atoms with Crippen molar-refractivity contribution in [2.24, 2.45) is 0 Å². The van der Waals surface area contributed by atoms with Gasteiger partial charge in [0.05, 0.1) is 19.4 Å². The van der Waals surface area contributed by atoms with Gasteiger partial charge in [-0.3, -0.25) is 9.59 Å². The number of rotatable bonds is 17. The first-order valence-electron chi connectivity index (χ1n) is 11.2. The molecule has 33 heavy (non-hydrogen) atoms. The van der Waals surface area contributed by atoms with Crippen LogP contribution in [0.3, 0.4) is 0 Å². The maximum Gasteiger partial charge on any atom is 0.306 e. The van der Waals surface area contributed by atoms with E-state index >= 15 is 0 Å². The Hall–Kier alpha value is -2.39. The number of carbonyl (C=O) groups is 2. The molecule has 0 radical (unpaired) electrons. The molecule has 0 saturated carbocycles. The topological polar surface area (TPSA) is 61.8 Å². The van der Waals surface area contributed by atoms with Gasteiger partial charge in [-0.2, -0.15) is 8.78 Å². The molecule has 0 fully saturated rings. The summed E-state index contributed by atoms with van der Waals surface area (Å²) in [5, 5.41) is 0. The molecule has 0 aliphatic heterocycles. The van der Waals surface area contributed by atoms with Crippen molar-refractivity contribution >= 4 is 11.9 Å². The van der Waals surface area contributed by atoms with Crippen LogP contribution >= 0.6 is 0 Å². The Labute approximate surface area is 190 Å². The third-order valence-electron chi connectivity index (χ3n) is 4.81. The zero-order chi connectivity index (χ0) is 24.6. The Morgan fingerprint density at radius 1 is 0.576 bits per heavy atom. The quantitative estimate of drug-likeness (QED) is 0.0875. The zero-order valence-corrected chi connectivity index (χ0v) is 18.8. The van der Waals surface area contributed by atoms with Gasteiger partial charge >= 0.3 is 11.9 Å². The number of hydrogen-bond acceptors (Lipinski definition) is 5. The summed E-state index contributed by atoms with van der Waals surface area (Å²) in [6.07, 6.45) is 9.73. The predicted octanol–water partition coefficient (Wildman–Crippen LogP) is 6.16. The van der Waals surface area contributed by atoms with Gasteiger partial charge in [0.15, 0.2) is 5.75 Å². The third kappa shape index (κ3) is 10.9. The monoisotopic (exact) mass is 482 g/mol. The summed E-state index contributed by atoms with van der Waals surface area (Å²) >= 11 is 0. The number of carbonyl (C=O) groups excluding carboxylic acids is 2. The van der Waals surface area contributed by atoms with Gasteiger partial charge in [0, 0.05) is 0 Å². The van der Waals surface area contributed by atoms with Gasteiger partial charge in [-0.25, -0.2) is 13.2 Å². The van der Waals surface area contributed by atoms with Gasteiger partial charge in [0.1, 0.15) is 13.2 Å². The highest BCUT2D eigenvalue weighted by molar-refractivity contribution is 5.77. The molecule has 0 aliphatic carbocycles. The lowest BCUT2D eigenvalue weighted by atomic mass is 10.1. The molecule has 1 aromatic carbocycles. The van der Waals surface area contributed by atoms with E-state index in [0.717, 1.165) is 25.7 Å². The molecule has 0 saturated heterocycles. The molecule has 1 rings (SSSR count). The summed E-state index contributed by atoms with van der Waals surface area (Å²) in [6, 6.07) is 0. The van der Waals surface area contributed by atoms with Gasteiger partial charge in [0.25, 0.3) is 0 Å². The molecule has 0 bridgehead atoms. The largest absolute Gasteiger partial charge is 0.484 e. The highest BCUT2D eigenvalue weighted by atomic mass is 19.2. The average Bonchev–Trinajstić information content (AvgIpc) is 2.80. The van der Waals surface area contributed by atoms with E-state index in [-0.39, 0.29) is 19.4 Å². The Balaban J connectivity index is 2.11. The van der Waals surface area contributed by atoms with Gasteiger partial charge in [-0.05, 0) is 6.42 Å². The molecule has 0 heterocycles. The summed E-state index contributed by atoms with van der Waals surface area (Å²) < 4.78 is 80.2. The SMILES string of the molecule is CCCCCCCCCCCOC(=O)CCC(=O)OCCOc1c(F)c(F)c(F)c(F)c1F. The Bertz CT molecular complexity index is 728. The molecule has 0 N–H and O–H groups in total. The van der Waals surface area contributed by atoms with Crippen molar-refractivity contribution in [1.82, 2.24) is 0 Å². The molecule has 0 amide bonds. The number of halogens is 5. The molecule has 0 aromatic heterocycles. The van der Waals surface area contributed by atoms with Crippen molar-refractivity contribution in [3.63, 3.8) is 0 Å². The van der Waals surface area contributed by atoms with Crippen LogP contribution in [-0.4, -0.2) is 31.8 Å². The van der Waals surface area contributed by atoms with E-state index in [1.54, 1.807) is 0 Å². The molecular formula is C23H31F5O5. The smallest absolute Gasteiger partial charge is 0.306 e. The van der Waals surface area contributed by atoms with Gasteiger partial charge in [-0.15, -0.1) is 0 Å². The second-order valence-electron chi connectivity index (χ2n) is 7.52. The first kappa shape index (κ1) is 28.6. The van der Waals surface area contributed by atoms with Gasteiger partial charge in [0.2, 0.25) is 29.1 Å². The van der Waals surface area contributed by atoms with Crippen molar-refractivity contribution in [3.05, 3.63) is 29.1 Å². The van der Waals surface area contributed by atoms with Crippen LogP contribution in [0.1, 0.15) is 77.6 Å².